The van der Waals surface area contributed by atoms with Crippen LogP contribution in [-0.4, -0.2) is 107 Å². The molecule has 25 heteroatoms. The second-order valence-electron chi connectivity index (χ2n) is 13.8. The second-order valence-corrected chi connectivity index (χ2v) is 14.2. The summed E-state index contributed by atoms with van der Waals surface area (Å²) in [5.74, 6) is -1.80. The molecule has 1 amide bonds. The van der Waals surface area contributed by atoms with Gasteiger partial charge in [0.15, 0.2) is 17.4 Å². The third-order valence-corrected chi connectivity index (χ3v) is 8.73. The Kier molecular flexibility index (Phi) is 27.5. The molecule has 21 nitrogen and oxygen atoms in total. The average molecular weight is 1050 g/mol. The van der Waals surface area contributed by atoms with Crippen molar-refractivity contribution in [1.82, 2.24) is 64.7 Å². The Hall–Kier alpha value is -8.80. The Labute approximate surface area is 431 Å². The Bertz CT molecular complexity index is 2880. The van der Waals surface area contributed by atoms with E-state index in [0.29, 0.717) is 23.8 Å². The molecule has 0 atom stereocenters. The standard InChI is InChI=1S/C15H13FN4O3.C15H14FN3O4.C11H10FN3O.C4H4ClN3.4CH4/c1-20-6-11(12(21)14(20)22)13-17-8-18-15(19-13)23-7-9-2-4-10(16)5-3-9;1-2-22-14(21)12(20)7-13-17-9-18-15(19-13)23-8-10-3-5-11(16)6-4-10;1-8-13-7-14-11(15-8)16-6-9-2-4-10(12)5-3-9;1-3-6-2-7-4(5)8-3;;;;/h2-5,8,21H,6-7H2,1H3;3-7,9,20H,2,8H2,1H3;2-5,7H,6H2,1H3;2H,1H3;4*1H4/b;12-7-;;;;;;. The number of aliphatic hydroxyl groups excluding tert-OH is 2. The lowest BCUT2D eigenvalue weighted by Crippen LogP contribution is -2.21. The van der Waals surface area contributed by atoms with Crippen LogP contribution in [0.2, 0.25) is 5.28 Å². The van der Waals surface area contributed by atoms with E-state index in [-0.39, 0.29) is 114 Å². The molecule has 0 aliphatic carbocycles. The number of rotatable bonds is 13. The molecule has 2 N–H and O–H groups in total. The van der Waals surface area contributed by atoms with Gasteiger partial charge in [0.25, 0.3) is 5.91 Å². The van der Waals surface area contributed by atoms with Gasteiger partial charge < -0.3 is 34.1 Å². The van der Waals surface area contributed by atoms with Gasteiger partial charge in [0.2, 0.25) is 11.0 Å². The molecule has 0 saturated carbocycles. The fourth-order valence-electron chi connectivity index (χ4n) is 5.15. The first-order valence-corrected chi connectivity index (χ1v) is 20.8. The van der Waals surface area contributed by atoms with Gasteiger partial charge in [-0.15, -0.1) is 0 Å². The molecule has 0 unspecified atom stereocenters. The summed E-state index contributed by atoms with van der Waals surface area (Å²) >= 11 is 5.38. The summed E-state index contributed by atoms with van der Waals surface area (Å²) in [6.07, 6.45) is 6.24. The van der Waals surface area contributed by atoms with Gasteiger partial charge in [0.05, 0.1) is 18.7 Å². The zero-order chi connectivity index (χ0) is 50.4. The predicted octanol–water partition coefficient (Wildman–Crippen LogP) is 8.66. The molecule has 1 aliphatic heterocycles. The van der Waals surface area contributed by atoms with E-state index in [1.807, 2.05) is 0 Å². The molecule has 5 heterocycles. The Morgan fingerprint density at radius 3 is 1.46 bits per heavy atom. The summed E-state index contributed by atoms with van der Waals surface area (Å²) in [5.41, 5.74) is 2.68. The van der Waals surface area contributed by atoms with Gasteiger partial charge in [0.1, 0.15) is 74.2 Å². The third kappa shape index (κ3) is 21.3. The van der Waals surface area contributed by atoms with Crippen LogP contribution in [-0.2, 0) is 34.1 Å². The van der Waals surface area contributed by atoms with E-state index in [4.69, 9.17) is 25.8 Å². The van der Waals surface area contributed by atoms with E-state index in [2.05, 4.69) is 64.5 Å². The van der Waals surface area contributed by atoms with Crippen LogP contribution in [0.15, 0.2) is 110 Å². The van der Waals surface area contributed by atoms with Gasteiger partial charge in [-0.05, 0) is 85.5 Å². The number of hydrogen-bond acceptors (Lipinski definition) is 20. The van der Waals surface area contributed by atoms with Crippen LogP contribution in [0.1, 0.15) is 76.6 Å². The number of nitrogens with zero attached hydrogens (tertiary/aromatic N) is 13. The number of aryl methyl sites for hydroxylation is 2. The molecule has 0 spiro atoms. The minimum atomic E-state index is -0.873. The van der Waals surface area contributed by atoms with Crippen molar-refractivity contribution < 1.29 is 51.9 Å². The maximum absolute atomic E-state index is 12.8. The number of esters is 1. The average Bonchev–Trinajstić information content (AvgIpc) is 3.61. The number of aliphatic hydroxyl groups is 2. The molecule has 0 bridgehead atoms. The van der Waals surface area contributed by atoms with Crippen LogP contribution in [0.4, 0.5) is 13.2 Å². The Morgan fingerprint density at radius 1 is 0.635 bits per heavy atom. The van der Waals surface area contributed by atoms with Crippen LogP contribution in [0.3, 0.4) is 0 Å². The van der Waals surface area contributed by atoms with Crippen molar-refractivity contribution in [2.24, 2.45) is 0 Å². The highest BCUT2D eigenvalue weighted by Crippen LogP contribution is 2.23. The third-order valence-electron chi connectivity index (χ3n) is 8.55. The van der Waals surface area contributed by atoms with Crippen LogP contribution >= 0.6 is 11.6 Å². The highest BCUT2D eigenvalue weighted by Gasteiger charge is 2.30. The van der Waals surface area contributed by atoms with Gasteiger partial charge in [-0.3, -0.25) is 4.79 Å². The van der Waals surface area contributed by atoms with Crippen molar-refractivity contribution in [2.75, 3.05) is 20.2 Å². The summed E-state index contributed by atoms with van der Waals surface area (Å²) in [5, 5.41) is 19.6. The SMILES string of the molecule is C.C.C.C.CCOC(=O)/C(O)=C/c1ncnc(OCc2ccc(F)cc2)n1.CN1CC(c2ncnc(OCc3ccc(F)cc3)n2)=C(O)C1=O.Cc1ncnc(Cl)n1.Cc1ncnc(OCc2ccc(F)cc2)n1. The van der Waals surface area contributed by atoms with Crippen LogP contribution in [0.5, 0.6) is 18.0 Å². The molecule has 8 rings (SSSR count). The lowest BCUT2D eigenvalue weighted by atomic mass is 10.2. The first-order chi connectivity index (χ1) is 33.6. The number of amides is 1. The van der Waals surface area contributed by atoms with Gasteiger partial charge in [-0.1, -0.05) is 66.1 Å². The first-order valence-electron chi connectivity index (χ1n) is 20.4. The van der Waals surface area contributed by atoms with E-state index in [9.17, 15) is 33.0 Å². The van der Waals surface area contributed by atoms with Gasteiger partial charge in [-0.25, -0.2) is 47.9 Å². The van der Waals surface area contributed by atoms with Gasteiger partial charge in [0, 0.05) is 13.1 Å². The van der Waals surface area contributed by atoms with Gasteiger partial charge >= 0.3 is 24.0 Å². The normalized spacial score (nSPS) is 11.2. The highest BCUT2D eigenvalue weighted by atomic mass is 35.5. The zero-order valence-corrected chi connectivity index (χ0v) is 38.3. The largest absolute Gasteiger partial charge is 0.503 e. The van der Waals surface area contributed by atoms with Crippen molar-refractivity contribution in [1.29, 1.82) is 0 Å². The van der Waals surface area contributed by atoms with Crippen molar-refractivity contribution in [3.63, 3.8) is 0 Å². The van der Waals surface area contributed by atoms with Crippen LogP contribution < -0.4 is 14.2 Å². The monoisotopic (exact) mass is 1050 g/mol. The number of benzene rings is 3. The molecule has 0 radical (unpaired) electrons. The lowest BCUT2D eigenvalue weighted by molar-refractivity contribution is -0.141. The maximum atomic E-state index is 12.8. The fraction of sp³-hybridized carbons (Fsp3) is 0.265. The number of ether oxygens (including phenoxy) is 4. The molecule has 0 fully saturated rings. The highest BCUT2D eigenvalue weighted by molar-refractivity contribution is 6.28. The van der Waals surface area contributed by atoms with Crippen molar-refractivity contribution in [2.45, 2.75) is 70.3 Å². The molecular weight excluding hydrogens is 991 g/mol. The van der Waals surface area contributed by atoms with Crippen molar-refractivity contribution in [3.8, 4) is 18.0 Å². The summed E-state index contributed by atoms with van der Waals surface area (Å²) in [6, 6.07) is 18.1. The maximum Gasteiger partial charge on any atom is 0.373 e. The molecule has 1 aliphatic rings. The van der Waals surface area contributed by atoms with E-state index in [1.165, 1.54) is 66.6 Å². The fourth-order valence-corrected chi connectivity index (χ4v) is 5.32. The number of likely N-dealkylation sites (N-methyl/N-ethyl adjacent to an activating group) is 1. The number of carbonyl (C=O) groups excluding carboxylic acids is 2. The summed E-state index contributed by atoms with van der Waals surface area (Å²) < 4.78 is 59.0. The summed E-state index contributed by atoms with van der Waals surface area (Å²) in [6.45, 7) is 6.09. The summed E-state index contributed by atoms with van der Waals surface area (Å²) in [7, 11) is 1.57. The molecule has 74 heavy (non-hydrogen) atoms. The van der Waals surface area contributed by atoms with Crippen LogP contribution in [0, 0.1) is 31.3 Å². The topological polar surface area (TPSA) is 269 Å². The smallest absolute Gasteiger partial charge is 0.373 e. The van der Waals surface area contributed by atoms with Crippen molar-refractivity contribution in [3.05, 3.63) is 172 Å². The van der Waals surface area contributed by atoms with E-state index >= 15 is 0 Å². The minimum Gasteiger partial charge on any atom is -0.503 e. The molecule has 4 aromatic heterocycles. The molecule has 0 saturated heterocycles. The minimum absolute atomic E-state index is 0. The Morgan fingerprint density at radius 2 is 1.05 bits per heavy atom. The van der Waals surface area contributed by atoms with Crippen LogP contribution in [0.25, 0.3) is 11.6 Å². The van der Waals surface area contributed by atoms with E-state index < -0.39 is 17.6 Å². The summed E-state index contributed by atoms with van der Waals surface area (Å²) in [4.78, 5) is 70.4. The molecule has 3 aromatic carbocycles. The Balaban J connectivity index is 0.000000509. The number of halogens is 4. The molecular formula is C49H57ClF3N13O8. The van der Waals surface area contributed by atoms with E-state index in [1.54, 1.807) is 64.2 Å². The zero-order valence-electron chi connectivity index (χ0n) is 37.5. The molecule has 394 valence electrons. The number of aromatic nitrogens is 12. The van der Waals surface area contributed by atoms with Crippen molar-refractivity contribution >= 4 is 35.1 Å². The number of carbonyl (C=O) groups is 2. The predicted molar refractivity (Wildman–Crippen MR) is 267 cm³/mol. The van der Waals surface area contributed by atoms with Gasteiger partial charge in [-0.2, -0.15) is 29.9 Å². The molecule has 7 aromatic rings. The lowest BCUT2D eigenvalue weighted by Gasteiger charge is -2.07. The second kappa shape index (κ2) is 32.2. The quantitative estimate of drug-likeness (QED) is 0.0621. The van der Waals surface area contributed by atoms with E-state index in [0.717, 1.165) is 22.8 Å². The number of hydrogen-bond donors (Lipinski definition) is 2. The first kappa shape index (κ1) is 63.2.